The number of alkyl halides is 3. The van der Waals surface area contributed by atoms with Gasteiger partial charge < -0.3 is 10.6 Å². The fourth-order valence-corrected chi connectivity index (χ4v) is 2.79. The van der Waals surface area contributed by atoms with Crippen LogP contribution in [0.4, 0.5) is 18.9 Å². The van der Waals surface area contributed by atoms with Crippen LogP contribution in [0.3, 0.4) is 0 Å². The number of carbonyl (C=O) groups excluding carboxylic acids is 1. The third kappa shape index (κ3) is 4.74. The quantitative estimate of drug-likeness (QED) is 0.837. The number of nitrogens with one attached hydrogen (secondary N) is 2. The van der Waals surface area contributed by atoms with Gasteiger partial charge in [0.05, 0.1) is 5.56 Å². The Morgan fingerprint density at radius 1 is 1.04 bits per heavy atom. The van der Waals surface area contributed by atoms with Crippen LogP contribution in [0, 0.1) is 0 Å². The van der Waals surface area contributed by atoms with Crippen molar-refractivity contribution in [3.8, 4) is 0 Å². The Morgan fingerprint density at radius 2 is 1.68 bits per heavy atom. The third-order valence-corrected chi connectivity index (χ3v) is 4.17. The first-order valence-corrected chi connectivity index (χ1v) is 7.73. The van der Waals surface area contributed by atoms with E-state index < -0.39 is 17.6 Å². The Hall–Kier alpha value is -2.05. The van der Waals surface area contributed by atoms with Gasteiger partial charge in [0.15, 0.2) is 0 Å². The Balaban J connectivity index is 0.00000225. The maximum absolute atomic E-state index is 12.5. The second-order valence-corrected chi connectivity index (χ2v) is 5.84. The second-order valence-electron chi connectivity index (χ2n) is 5.84. The van der Waals surface area contributed by atoms with Crippen molar-refractivity contribution >= 4 is 24.0 Å². The summed E-state index contributed by atoms with van der Waals surface area (Å²) in [4.78, 5) is 12.1. The molecule has 0 aromatic heterocycles. The minimum Gasteiger partial charge on any atom is -0.322 e. The van der Waals surface area contributed by atoms with Crippen molar-refractivity contribution in [2.24, 2.45) is 0 Å². The zero-order valence-electron chi connectivity index (χ0n) is 13.3. The minimum absolute atomic E-state index is 0. The van der Waals surface area contributed by atoms with Crippen LogP contribution in [-0.4, -0.2) is 19.0 Å². The summed E-state index contributed by atoms with van der Waals surface area (Å²) in [6.07, 6.45) is -3.31. The molecule has 0 radical (unpaired) electrons. The molecule has 1 unspecified atom stereocenters. The first-order chi connectivity index (χ1) is 11.4. The minimum atomic E-state index is -4.40. The first kappa shape index (κ1) is 19.3. The Labute approximate surface area is 150 Å². The average molecular weight is 371 g/mol. The maximum atomic E-state index is 12.5. The second kappa shape index (κ2) is 7.89. The molecule has 3 rings (SSSR count). The fraction of sp³-hybridized carbons (Fsp3) is 0.278. The fourth-order valence-electron chi connectivity index (χ4n) is 2.79. The van der Waals surface area contributed by atoms with E-state index in [1.54, 1.807) is 0 Å². The highest BCUT2D eigenvalue weighted by Crippen LogP contribution is 2.29. The molecule has 25 heavy (non-hydrogen) atoms. The van der Waals surface area contributed by atoms with Crippen molar-refractivity contribution in [2.45, 2.75) is 18.5 Å². The highest BCUT2D eigenvalue weighted by atomic mass is 35.5. The molecule has 0 spiro atoms. The van der Waals surface area contributed by atoms with Gasteiger partial charge in [0.1, 0.15) is 0 Å². The number of anilines is 1. The van der Waals surface area contributed by atoms with E-state index >= 15 is 0 Å². The average Bonchev–Trinajstić information content (AvgIpc) is 3.09. The molecule has 1 fully saturated rings. The van der Waals surface area contributed by atoms with E-state index in [9.17, 15) is 18.0 Å². The summed E-state index contributed by atoms with van der Waals surface area (Å²) in [7, 11) is 0. The Kier molecular flexibility index (Phi) is 6.08. The van der Waals surface area contributed by atoms with Gasteiger partial charge in [0.2, 0.25) is 0 Å². The molecule has 0 bridgehead atoms. The van der Waals surface area contributed by atoms with Crippen LogP contribution < -0.4 is 10.6 Å². The lowest BCUT2D eigenvalue weighted by Gasteiger charge is -2.11. The molecule has 3 nitrogen and oxygen atoms in total. The number of halogens is 4. The number of hydrogen-bond acceptors (Lipinski definition) is 2. The van der Waals surface area contributed by atoms with Crippen molar-refractivity contribution in [2.75, 3.05) is 18.4 Å². The summed E-state index contributed by atoms with van der Waals surface area (Å²) >= 11 is 0. The van der Waals surface area contributed by atoms with E-state index in [2.05, 4.69) is 10.6 Å². The zero-order chi connectivity index (χ0) is 17.2. The van der Waals surface area contributed by atoms with Gasteiger partial charge in [0.25, 0.3) is 5.91 Å². The molecule has 1 saturated heterocycles. The summed E-state index contributed by atoms with van der Waals surface area (Å²) in [6.45, 7) is 1.97. The maximum Gasteiger partial charge on any atom is 0.416 e. The standard InChI is InChI=1S/C18H17F3N2O.ClH/c19-18(20,21)15-5-1-13(2-6-15)17(24)23-16-7-3-12(4-8-16)14-9-10-22-11-14;/h1-8,14,22H,9-11H2,(H,23,24);1H. The molecule has 1 aliphatic rings. The molecule has 2 N–H and O–H groups in total. The molecule has 134 valence electrons. The predicted octanol–water partition coefficient (Wildman–Crippen LogP) is 4.46. The Morgan fingerprint density at radius 3 is 2.20 bits per heavy atom. The summed E-state index contributed by atoms with van der Waals surface area (Å²) in [5, 5.41) is 6.00. The topological polar surface area (TPSA) is 41.1 Å². The highest BCUT2D eigenvalue weighted by Gasteiger charge is 2.30. The van der Waals surface area contributed by atoms with Gasteiger partial charge in [-0.25, -0.2) is 0 Å². The van der Waals surface area contributed by atoms with Crippen LogP contribution in [0.1, 0.15) is 33.8 Å². The molecule has 1 amide bonds. The van der Waals surface area contributed by atoms with E-state index in [4.69, 9.17) is 0 Å². The lowest BCUT2D eigenvalue weighted by atomic mass is 9.98. The molecular formula is C18H18ClF3N2O. The number of carbonyl (C=O) groups is 1. The molecular weight excluding hydrogens is 353 g/mol. The molecule has 2 aromatic carbocycles. The van der Waals surface area contributed by atoms with E-state index in [0.717, 1.165) is 31.6 Å². The lowest BCUT2D eigenvalue weighted by molar-refractivity contribution is -0.137. The van der Waals surface area contributed by atoms with Crippen molar-refractivity contribution in [1.82, 2.24) is 5.32 Å². The van der Waals surface area contributed by atoms with Crippen LogP contribution in [-0.2, 0) is 6.18 Å². The molecule has 7 heteroatoms. The van der Waals surface area contributed by atoms with E-state index in [1.165, 1.54) is 17.7 Å². The van der Waals surface area contributed by atoms with Crippen molar-refractivity contribution in [3.63, 3.8) is 0 Å². The van der Waals surface area contributed by atoms with Crippen LogP contribution in [0.15, 0.2) is 48.5 Å². The van der Waals surface area contributed by atoms with Gasteiger partial charge in [0, 0.05) is 17.8 Å². The van der Waals surface area contributed by atoms with Gasteiger partial charge in [-0.05, 0) is 60.8 Å². The molecule has 2 aromatic rings. The monoisotopic (exact) mass is 370 g/mol. The summed E-state index contributed by atoms with van der Waals surface area (Å²) < 4.78 is 37.6. The highest BCUT2D eigenvalue weighted by molar-refractivity contribution is 6.04. The molecule has 1 aliphatic heterocycles. The first-order valence-electron chi connectivity index (χ1n) is 7.73. The van der Waals surface area contributed by atoms with E-state index in [1.807, 2.05) is 24.3 Å². The molecule has 1 atom stereocenters. The normalized spacial score (nSPS) is 17.0. The predicted molar refractivity (Wildman–Crippen MR) is 93.3 cm³/mol. The smallest absolute Gasteiger partial charge is 0.322 e. The molecule has 0 saturated carbocycles. The van der Waals surface area contributed by atoms with Gasteiger partial charge in [-0.2, -0.15) is 13.2 Å². The van der Waals surface area contributed by atoms with E-state index in [-0.39, 0.29) is 18.0 Å². The Bertz CT molecular complexity index is 709. The van der Waals surface area contributed by atoms with Crippen molar-refractivity contribution in [3.05, 3.63) is 65.2 Å². The largest absolute Gasteiger partial charge is 0.416 e. The summed E-state index contributed by atoms with van der Waals surface area (Å²) in [6, 6.07) is 11.7. The number of rotatable bonds is 3. The van der Waals surface area contributed by atoms with Crippen LogP contribution in [0.2, 0.25) is 0 Å². The van der Waals surface area contributed by atoms with Gasteiger partial charge >= 0.3 is 6.18 Å². The van der Waals surface area contributed by atoms with E-state index in [0.29, 0.717) is 11.6 Å². The van der Waals surface area contributed by atoms with Crippen molar-refractivity contribution in [1.29, 1.82) is 0 Å². The third-order valence-electron chi connectivity index (χ3n) is 4.17. The lowest BCUT2D eigenvalue weighted by Crippen LogP contribution is -2.13. The number of benzene rings is 2. The number of amides is 1. The summed E-state index contributed by atoms with van der Waals surface area (Å²) in [5.41, 5.74) is 1.25. The van der Waals surface area contributed by atoms with Gasteiger partial charge in [-0.1, -0.05) is 12.1 Å². The molecule has 0 aliphatic carbocycles. The van der Waals surface area contributed by atoms with Gasteiger partial charge in [-0.15, -0.1) is 12.4 Å². The summed E-state index contributed by atoms with van der Waals surface area (Å²) in [5.74, 6) is 0.0590. The SMILES string of the molecule is Cl.O=C(Nc1ccc(C2CCNC2)cc1)c1ccc(C(F)(F)F)cc1. The molecule has 1 heterocycles. The van der Waals surface area contributed by atoms with Crippen LogP contribution >= 0.6 is 12.4 Å². The van der Waals surface area contributed by atoms with Crippen LogP contribution in [0.25, 0.3) is 0 Å². The number of hydrogen-bond donors (Lipinski definition) is 2. The van der Waals surface area contributed by atoms with Gasteiger partial charge in [-0.3, -0.25) is 4.79 Å². The zero-order valence-corrected chi connectivity index (χ0v) is 14.1. The van der Waals surface area contributed by atoms with Crippen LogP contribution in [0.5, 0.6) is 0 Å². The van der Waals surface area contributed by atoms with Crippen molar-refractivity contribution < 1.29 is 18.0 Å².